The summed E-state index contributed by atoms with van der Waals surface area (Å²) in [7, 11) is 0. The molecule has 3 aliphatic carbocycles. The van der Waals surface area contributed by atoms with Gasteiger partial charge in [-0.05, 0) is 42.9 Å². The molecule has 3 aliphatic rings. The van der Waals surface area contributed by atoms with E-state index in [2.05, 4.69) is 6.58 Å². The van der Waals surface area contributed by atoms with Crippen molar-refractivity contribution in [3.8, 4) is 0 Å². The molecule has 0 N–H and O–H groups in total. The Labute approximate surface area is 94.1 Å². The molecule has 0 radical (unpaired) electrons. The predicted molar refractivity (Wildman–Crippen MR) is 64.8 cm³/mol. The molecule has 0 bridgehead atoms. The Morgan fingerprint density at radius 2 is 1.07 bits per heavy atom. The molecule has 0 aromatic rings. The Bertz CT molecular complexity index is 236. The van der Waals surface area contributed by atoms with Gasteiger partial charge in [-0.25, -0.2) is 0 Å². The van der Waals surface area contributed by atoms with E-state index in [-0.39, 0.29) is 0 Å². The zero-order valence-electron chi connectivity index (χ0n) is 9.99. The van der Waals surface area contributed by atoms with Gasteiger partial charge in [-0.1, -0.05) is 50.7 Å². The average Bonchev–Trinajstić information content (AvgIpc) is 2.31. The van der Waals surface area contributed by atoms with E-state index in [0.29, 0.717) is 10.8 Å². The van der Waals surface area contributed by atoms with Gasteiger partial charge in [0, 0.05) is 0 Å². The molecule has 0 saturated heterocycles. The molecule has 3 rings (SSSR count). The fraction of sp³-hybridized carbons (Fsp3) is 0.867. The van der Waals surface area contributed by atoms with Crippen LogP contribution < -0.4 is 0 Å². The lowest BCUT2D eigenvalue weighted by Gasteiger charge is -2.62. The summed E-state index contributed by atoms with van der Waals surface area (Å²) in [4.78, 5) is 0. The van der Waals surface area contributed by atoms with Gasteiger partial charge in [0.15, 0.2) is 0 Å². The highest BCUT2D eigenvalue weighted by atomic mass is 14.6. The summed E-state index contributed by atoms with van der Waals surface area (Å²) in [6.07, 6.45) is 16.2. The standard InChI is InChI=1S/C15H24/c1-13-14(8-4-2-5-9-14)12-15(13)10-6-3-7-11-15/h1-12H2. The van der Waals surface area contributed by atoms with E-state index in [1.165, 1.54) is 70.6 Å². The zero-order chi connectivity index (χ0) is 10.4. The van der Waals surface area contributed by atoms with Gasteiger partial charge < -0.3 is 0 Å². The van der Waals surface area contributed by atoms with Crippen LogP contribution >= 0.6 is 0 Å². The topological polar surface area (TPSA) is 0 Å². The first-order chi connectivity index (χ1) is 7.28. The summed E-state index contributed by atoms with van der Waals surface area (Å²) in [5.41, 5.74) is 2.96. The minimum absolute atomic E-state index is 0.635. The molecule has 0 aromatic heterocycles. The summed E-state index contributed by atoms with van der Waals surface area (Å²) in [6.45, 7) is 4.51. The van der Waals surface area contributed by atoms with Crippen LogP contribution in [0.5, 0.6) is 0 Å². The van der Waals surface area contributed by atoms with E-state index in [9.17, 15) is 0 Å². The van der Waals surface area contributed by atoms with Gasteiger partial charge in [0.25, 0.3) is 0 Å². The Hall–Kier alpha value is -0.260. The Morgan fingerprint density at radius 1 is 0.667 bits per heavy atom. The van der Waals surface area contributed by atoms with Crippen molar-refractivity contribution in [3.05, 3.63) is 12.2 Å². The lowest BCUT2D eigenvalue weighted by Crippen LogP contribution is -2.50. The van der Waals surface area contributed by atoms with Crippen LogP contribution in [0.3, 0.4) is 0 Å². The minimum atomic E-state index is 0.635. The highest BCUT2D eigenvalue weighted by Gasteiger charge is 2.56. The van der Waals surface area contributed by atoms with Crippen molar-refractivity contribution >= 4 is 0 Å². The van der Waals surface area contributed by atoms with Crippen LogP contribution in [-0.4, -0.2) is 0 Å². The van der Waals surface area contributed by atoms with Crippen molar-refractivity contribution in [2.45, 2.75) is 70.6 Å². The van der Waals surface area contributed by atoms with Gasteiger partial charge >= 0.3 is 0 Å². The maximum absolute atomic E-state index is 4.51. The smallest absolute Gasteiger partial charge is 0.00769 e. The molecular weight excluding hydrogens is 180 g/mol. The van der Waals surface area contributed by atoms with Crippen molar-refractivity contribution in [1.82, 2.24) is 0 Å². The number of allylic oxidation sites excluding steroid dienone is 1. The first kappa shape index (κ1) is 9.93. The molecule has 0 aliphatic heterocycles. The Kier molecular flexibility index (Phi) is 2.23. The largest absolute Gasteiger partial charge is 0.0987 e. The van der Waals surface area contributed by atoms with E-state index in [1.54, 1.807) is 5.57 Å². The second kappa shape index (κ2) is 3.37. The lowest BCUT2D eigenvalue weighted by molar-refractivity contribution is 0.000268. The van der Waals surface area contributed by atoms with Crippen molar-refractivity contribution < 1.29 is 0 Å². The van der Waals surface area contributed by atoms with Crippen LogP contribution in [0.15, 0.2) is 12.2 Å². The van der Waals surface area contributed by atoms with Crippen LogP contribution in [0.25, 0.3) is 0 Å². The van der Waals surface area contributed by atoms with E-state index < -0.39 is 0 Å². The molecule has 84 valence electrons. The zero-order valence-corrected chi connectivity index (χ0v) is 9.99. The van der Waals surface area contributed by atoms with Crippen LogP contribution in [-0.2, 0) is 0 Å². The van der Waals surface area contributed by atoms with Crippen LogP contribution in [0.1, 0.15) is 70.6 Å². The second-order valence-corrected chi connectivity index (χ2v) is 6.34. The van der Waals surface area contributed by atoms with Crippen molar-refractivity contribution in [2.24, 2.45) is 10.8 Å². The summed E-state index contributed by atoms with van der Waals surface area (Å²) in [5.74, 6) is 0. The molecule has 0 unspecified atom stereocenters. The monoisotopic (exact) mass is 204 g/mol. The molecule has 0 atom stereocenters. The fourth-order valence-electron chi connectivity index (χ4n) is 4.73. The first-order valence-corrected chi connectivity index (χ1v) is 6.97. The third kappa shape index (κ3) is 1.33. The maximum Gasteiger partial charge on any atom is -0.00769 e. The highest BCUT2D eigenvalue weighted by Crippen LogP contribution is 2.68. The summed E-state index contributed by atoms with van der Waals surface area (Å²) in [5, 5.41) is 0. The molecule has 0 aromatic carbocycles. The Balaban J connectivity index is 1.75. The van der Waals surface area contributed by atoms with Crippen LogP contribution in [0.4, 0.5) is 0 Å². The SMILES string of the molecule is C=C1C2(CCCCC2)CC12CCCCC2. The predicted octanol–water partition coefficient (Wildman–Crippen LogP) is 4.85. The lowest BCUT2D eigenvalue weighted by atomic mass is 9.42. The van der Waals surface area contributed by atoms with E-state index in [1.807, 2.05) is 0 Å². The van der Waals surface area contributed by atoms with E-state index in [0.717, 1.165) is 0 Å². The molecule has 2 spiro atoms. The van der Waals surface area contributed by atoms with Crippen molar-refractivity contribution in [2.75, 3.05) is 0 Å². The molecule has 3 fully saturated rings. The summed E-state index contributed by atoms with van der Waals surface area (Å²) in [6, 6.07) is 0. The van der Waals surface area contributed by atoms with Gasteiger partial charge in [-0.3, -0.25) is 0 Å². The number of hydrogen-bond acceptors (Lipinski definition) is 0. The van der Waals surface area contributed by atoms with Crippen molar-refractivity contribution in [3.63, 3.8) is 0 Å². The highest BCUT2D eigenvalue weighted by molar-refractivity contribution is 5.32. The van der Waals surface area contributed by atoms with E-state index in [4.69, 9.17) is 0 Å². The van der Waals surface area contributed by atoms with Crippen LogP contribution in [0.2, 0.25) is 0 Å². The van der Waals surface area contributed by atoms with Gasteiger partial charge in [-0.15, -0.1) is 0 Å². The fourth-order valence-corrected chi connectivity index (χ4v) is 4.73. The summed E-state index contributed by atoms with van der Waals surface area (Å²) >= 11 is 0. The first-order valence-electron chi connectivity index (χ1n) is 6.97. The quantitative estimate of drug-likeness (QED) is 0.495. The summed E-state index contributed by atoms with van der Waals surface area (Å²) < 4.78 is 0. The number of rotatable bonds is 0. The maximum atomic E-state index is 4.51. The molecule has 0 heteroatoms. The Morgan fingerprint density at radius 3 is 1.40 bits per heavy atom. The third-order valence-corrected chi connectivity index (χ3v) is 5.58. The molecule has 0 nitrogen and oxygen atoms in total. The molecule has 15 heavy (non-hydrogen) atoms. The minimum Gasteiger partial charge on any atom is -0.0987 e. The average molecular weight is 204 g/mol. The molecule has 0 heterocycles. The normalized spacial score (nSPS) is 32.9. The van der Waals surface area contributed by atoms with Crippen LogP contribution in [0, 0.1) is 10.8 Å². The second-order valence-electron chi connectivity index (χ2n) is 6.34. The van der Waals surface area contributed by atoms with Gasteiger partial charge in [0.1, 0.15) is 0 Å². The van der Waals surface area contributed by atoms with E-state index >= 15 is 0 Å². The van der Waals surface area contributed by atoms with Gasteiger partial charge in [0.2, 0.25) is 0 Å². The van der Waals surface area contributed by atoms with Crippen molar-refractivity contribution in [1.29, 1.82) is 0 Å². The third-order valence-electron chi connectivity index (χ3n) is 5.58. The number of hydrogen-bond donors (Lipinski definition) is 0. The molecule has 3 saturated carbocycles. The van der Waals surface area contributed by atoms with Gasteiger partial charge in [-0.2, -0.15) is 0 Å². The molecule has 0 amide bonds. The molecular formula is C15H24. The van der Waals surface area contributed by atoms with Gasteiger partial charge in [0.05, 0.1) is 0 Å².